The Morgan fingerprint density at radius 2 is 2.55 bits per heavy atom. The first kappa shape index (κ1) is 7.62. The third-order valence-corrected chi connectivity index (χ3v) is 1.33. The quantitative estimate of drug-likeness (QED) is 0.615. The van der Waals surface area contributed by atoms with Gasteiger partial charge in [0.15, 0.2) is 0 Å². The summed E-state index contributed by atoms with van der Waals surface area (Å²) < 4.78 is 5.10. The van der Waals surface area contributed by atoms with Crippen LogP contribution in [0, 0.1) is 11.3 Å². The molecule has 0 atom stereocenters. The van der Waals surface area contributed by atoms with E-state index >= 15 is 0 Å². The van der Waals surface area contributed by atoms with Crippen molar-refractivity contribution in [1.29, 1.82) is 5.26 Å². The largest absolute Gasteiger partial charge is 0.469 e. The van der Waals surface area contributed by atoms with E-state index in [0.717, 1.165) is 18.6 Å². The Morgan fingerprint density at radius 3 is 3.18 bits per heavy atom. The van der Waals surface area contributed by atoms with Crippen LogP contribution in [0.3, 0.4) is 0 Å². The standard InChI is InChI=1S/C9H9NO/c10-7-3-1-2-5-9-6-4-8-11-9/h1,3-4,6,8H,2,5H2/b3-1+. The van der Waals surface area contributed by atoms with Crippen molar-refractivity contribution < 1.29 is 4.42 Å². The van der Waals surface area contributed by atoms with Crippen LogP contribution in [-0.4, -0.2) is 0 Å². The highest BCUT2D eigenvalue weighted by molar-refractivity contribution is 5.04. The van der Waals surface area contributed by atoms with Gasteiger partial charge in [0.25, 0.3) is 0 Å². The zero-order valence-electron chi connectivity index (χ0n) is 6.16. The molecule has 0 saturated carbocycles. The topological polar surface area (TPSA) is 36.9 Å². The molecule has 0 saturated heterocycles. The predicted octanol–water partition coefficient (Wildman–Crippen LogP) is 2.29. The SMILES string of the molecule is N#C/C=C/CCc1ccco1. The highest BCUT2D eigenvalue weighted by Gasteiger charge is 1.90. The third-order valence-electron chi connectivity index (χ3n) is 1.33. The average Bonchev–Trinajstić information content (AvgIpc) is 2.50. The third kappa shape index (κ3) is 2.72. The molecular formula is C9H9NO. The van der Waals surface area contributed by atoms with Crippen molar-refractivity contribution in [3.8, 4) is 6.07 Å². The smallest absolute Gasteiger partial charge is 0.104 e. The van der Waals surface area contributed by atoms with Gasteiger partial charge in [0.2, 0.25) is 0 Å². The normalized spacial score (nSPS) is 10.1. The molecule has 0 spiro atoms. The highest BCUT2D eigenvalue weighted by atomic mass is 16.3. The van der Waals surface area contributed by atoms with E-state index < -0.39 is 0 Å². The van der Waals surface area contributed by atoms with Crippen LogP contribution in [0.25, 0.3) is 0 Å². The molecule has 0 amide bonds. The number of nitriles is 1. The van der Waals surface area contributed by atoms with E-state index in [1.54, 1.807) is 6.26 Å². The van der Waals surface area contributed by atoms with Gasteiger partial charge in [-0.25, -0.2) is 0 Å². The minimum Gasteiger partial charge on any atom is -0.469 e. The van der Waals surface area contributed by atoms with Gasteiger partial charge in [-0.2, -0.15) is 5.26 Å². The van der Waals surface area contributed by atoms with Crippen LogP contribution in [-0.2, 0) is 6.42 Å². The summed E-state index contributed by atoms with van der Waals surface area (Å²) in [6.45, 7) is 0. The number of nitrogens with zero attached hydrogens (tertiary/aromatic N) is 1. The minimum atomic E-state index is 0.862. The fraction of sp³-hybridized carbons (Fsp3) is 0.222. The molecule has 0 bridgehead atoms. The van der Waals surface area contributed by atoms with Crippen LogP contribution in [0.5, 0.6) is 0 Å². The minimum absolute atomic E-state index is 0.862. The number of hydrogen-bond donors (Lipinski definition) is 0. The second kappa shape index (κ2) is 4.35. The van der Waals surface area contributed by atoms with E-state index in [9.17, 15) is 0 Å². The molecule has 0 aliphatic carbocycles. The van der Waals surface area contributed by atoms with Gasteiger partial charge in [-0.05, 0) is 18.6 Å². The van der Waals surface area contributed by atoms with Gasteiger partial charge in [0.05, 0.1) is 12.3 Å². The Hall–Kier alpha value is -1.49. The Morgan fingerprint density at radius 1 is 1.64 bits per heavy atom. The van der Waals surface area contributed by atoms with Crippen LogP contribution in [0.15, 0.2) is 35.0 Å². The summed E-state index contributed by atoms with van der Waals surface area (Å²) in [6, 6.07) is 5.73. The number of rotatable bonds is 3. The molecule has 2 nitrogen and oxygen atoms in total. The fourth-order valence-electron chi connectivity index (χ4n) is 0.816. The summed E-state index contributed by atoms with van der Waals surface area (Å²) in [4.78, 5) is 0. The molecule has 11 heavy (non-hydrogen) atoms. The number of hydrogen-bond acceptors (Lipinski definition) is 2. The molecule has 0 aliphatic rings. The monoisotopic (exact) mass is 147 g/mol. The van der Waals surface area contributed by atoms with E-state index in [1.807, 2.05) is 24.3 Å². The lowest BCUT2D eigenvalue weighted by Gasteiger charge is -1.88. The molecule has 0 N–H and O–H groups in total. The molecular weight excluding hydrogens is 138 g/mol. The molecule has 0 fully saturated rings. The van der Waals surface area contributed by atoms with Gasteiger partial charge in [-0.15, -0.1) is 0 Å². The Kier molecular flexibility index (Phi) is 3.01. The first-order valence-electron chi connectivity index (χ1n) is 3.50. The van der Waals surface area contributed by atoms with E-state index in [4.69, 9.17) is 9.68 Å². The molecule has 0 radical (unpaired) electrons. The average molecular weight is 147 g/mol. The summed E-state index contributed by atoms with van der Waals surface area (Å²) in [6.07, 6.45) is 6.71. The maximum absolute atomic E-state index is 8.16. The van der Waals surface area contributed by atoms with Crippen molar-refractivity contribution >= 4 is 0 Å². The maximum atomic E-state index is 8.16. The molecule has 1 aromatic rings. The molecule has 0 aromatic carbocycles. The van der Waals surface area contributed by atoms with Crippen LogP contribution >= 0.6 is 0 Å². The van der Waals surface area contributed by atoms with E-state index in [2.05, 4.69) is 0 Å². The molecule has 56 valence electrons. The molecule has 2 heteroatoms. The second-order valence-corrected chi connectivity index (χ2v) is 2.15. The summed E-state index contributed by atoms with van der Waals surface area (Å²) in [5.74, 6) is 0.965. The fourth-order valence-corrected chi connectivity index (χ4v) is 0.816. The van der Waals surface area contributed by atoms with Crippen molar-refractivity contribution in [3.63, 3.8) is 0 Å². The Balaban J connectivity index is 2.25. The predicted molar refractivity (Wildman–Crippen MR) is 41.8 cm³/mol. The number of furan rings is 1. The summed E-state index contributed by atoms with van der Waals surface area (Å²) in [5.41, 5.74) is 0. The molecule has 0 unspecified atom stereocenters. The van der Waals surface area contributed by atoms with Crippen LogP contribution < -0.4 is 0 Å². The molecule has 0 aliphatic heterocycles. The van der Waals surface area contributed by atoms with Gasteiger partial charge in [-0.3, -0.25) is 0 Å². The van der Waals surface area contributed by atoms with Crippen molar-refractivity contribution in [2.24, 2.45) is 0 Å². The van der Waals surface area contributed by atoms with Gasteiger partial charge in [0, 0.05) is 12.5 Å². The summed E-state index contributed by atoms with van der Waals surface area (Å²) in [7, 11) is 0. The van der Waals surface area contributed by atoms with E-state index in [1.165, 1.54) is 6.08 Å². The second-order valence-electron chi connectivity index (χ2n) is 2.15. The van der Waals surface area contributed by atoms with E-state index in [-0.39, 0.29) is 0 Å². The molecule has 1 heterocycles. The van der Waals surface area contributed by atoms with Gasteiger partial charge >= 0.3 is 0 Å². The summed E-state index contributed by atoms with van der Waals surface area (Å²) in [5, 5.41) is 8.16. The van der Waals surface area contributed by atoms with Crippen molar-refractivity contribution in [2.45, 2.75) is 12.8 Å². The highest BCUT2D eigenvalue weighted by Crippen LogP contribution is 2.03. The zero-order chi connectivity index (χ0) is 7.94. The molecule has 1 rings (SSSR count). The van der Waals surface area contributed by atoms with Crippen molar-refractivity contribution in [3.05, 3.63) is 36.3 Å². The van der Waals surface area contributed by atoms with Crippen molar-refractivity contribution in [2.75, 3.05) is 0 Å². The van der Waals surface area contributed by atoms with Gasteiger partial charge in [-0.1, -0.05) is 6.08 Å². The van der Waals surface area contributed by atoms with Crippen LogP contribution in [0.4, 0.5) is 0 Å². The lowest BCUT2D eigenvalue weighted by atomic mass is 10.2. The first-order valence-corrected chi connectivity index (χ1v) is 3.50. The zero-order valence-corrected chi connectivity index (χ0v) is 6.16. The Bertz CT molecular complexity index is 254. The van der Waals surface area contributed by atoms with E-state index in [0.29, 0.717) is 0 Å². The number of allylic oxidation sites excluding steroid dienone is 2. The lowest BCUT2D eigenvalue weighted by molar-refractivity contribution is 0.510. The molecule has 1 aromatic heterocycles. The van der Waals surface area contributed by atoms with Crippen LogP contribution in [0.1, 0.15) is 12.2 Å². The van der Waals surface area contributed by atoms with Crippen molar-refractivity contribution in [1.82, 2.24) is 0 Å². The van der Waals surface area contributed by atoms with Crippen LogP contribution in [0.2, 0.25) is 0 Å². The first-order chi connectivity index (χ1) is 5.43. The Labute approximate surface area is 65.8 Å². The van der Waals surface area contributed by atoms with Gasteiger partial charge in [0.1, 0.15) is 5.76 Å². The van der Waals surface area contributed by atoms with Gasteiger partial charge < -0.3 is 4.42 Å². The lowest BCUT2D eigenvalue weighted by Crippen LogP contribution is -1.76. The summed E-state index contributed by atoms with van der Waals surface area (Å²) >= 11 is 0. The number of aryl methyl sites for hydroxylation is 1. The maximum Gasteiger partial charge on any atom is 0.104 e.